The van der Waals surface area contributed by atoms with E-state index < -0.39 is 11.8 Å². The summed E-state index contributed by atoms with van der Waals surface area (Å²) in [5.41, 5.74) is 4.37. The standard InChI is InChI=1S/C24H20N4O3S/c25-14-20-19-11-4-5-12-21(19)32-24(20)27-22(29)23(30)28-26-15-16-7-6-10-18(13-16)31-17-8-2-1-3-9-17/h1-3,6-10,13,15H,4-5,11-12H2,(H,27,29)(H,28,30). The van der Waals surface area contributed by atoms with Crippen LogP contribution in [0.5, 0.6) is 11.5 Å². The molecule has 0 aliphatic heterocycles. The van der Waals surface area contributed by atoms with Gasteiger partial charge in [-0.05, 0) is 61.1 Å². The lowest BCUT2D eigenvalue weighted by molar-refractivity contribution is -0.136. The van der Waals surface area contributed by atoms with Gasteiger partial charge in [0.15, 0.2) is 0 Å². The smallest absolute Gasteiger partial charge is 0.329 e. The number of hydrogen-bond donors (Lipinski definition) is 2. The molecular formula is C24H20N4O3S. The number of carbonyl (C=O) groups excluding carboxylic acids is 2. The van der Waals surface area contributed by atoms with Gasteiger partial charge in [0.1, 0.15) is 22.6 Å². The van der Waals surface area contributed by atoms with E-state index in [0.717, 1.165) is 36.1 Å². The Balaban J connectivity index is 1.36. The van der Waals surface area contributed by atoms with Gasteiger partial charge in [-0.1, -0.05) is 30.3 Å². The van der Waals surface area contributed by atoms with Crippen LogP contribution in [0, 0.1) is 11.3 Å². The van der Waals surface area contributed by atoms with Crippen LogP contribution < -0.4 is 15.5 Å². The molecule has 0 bridgehead atoms. The number of nitrogens with zero attached hydrogens (tertiary/aromatic N) is 2. The van der Waals surface area contributed by atoms with Crippen molar-refractivity contribution in [2.75, 3.05) is 5.32 Å². The quantitative estimate of drug-likeness (QED) is 0.346. The third-order valence-corrected chi connectivity index (χ3v) is 6.14. The van der Waals surface area contributed by atoms with Crippen molar-refractivity contribution in [2.45, 2.75) is 25.7 Å². The van der Waals surface area contributed by atoms with Gasteiger partial charge >= 0.3 is 11.8 Å². The highest BCUT2D eigenvalue weighted by Crippen LogP contribution is 2.37. The average Bonchev–Trinajstić information content (AvgIpc) is 3.16. The minimum atomic E-state index is -0.909. The molecule has 0 saturated carbocycles. The van der Waals surface area contributed by atoms with E-state index in [0.29, 0.717) is 27.6 Å². The number of nitrogens with one attached hydrogen (secondary N) is 2. The monoisotopic (exact) mass is 444 g/mol. The molecule has 0 unspecified atom stereocenters. The van der Waals surface area contributed by atoms with E-state index in [9.17, 15) is 14.9 Å². The first-order chi connectivity index (χ1) is 15.6. The molecule has 8 heteroatoms. The van der Waals surface area contributed by atoms with Crippen molar-refractivity contribution in [1.82, 2.24) is 5.43 Å². The van der Waals surface area contributed by atoms with Crippen LogP contribution in [0.15, 0.2) is 59.7 Å². The molecule has 0 spiro atoms. The number of benzene rings is 2. The van der Waals surface area contributed by atoms with Gasteiger partial charge in [0, 0.05) is 4.88 Å². The number of rotatable bonds is 5. The number of carbonyl (C=O) groups is 2. The topological polar surface area (TPSA) is 104 Å². The molecule has 32 heavy (non-hydrogen) atoms. The molecule has 0 radical (unpaired) electrons. The third-order valence-electron chi connectivity index (χ3n) is 4.93. The molecule has 3 aromatic rings. The summed E-state index contributed by atoms with van der Waals surface area (Å²) in [4.78, 5) is 25.5. The summed E-state index contributed by atoms with van der Waals surface area (Å²) in [6.07, 6.45) is 5.24. The number of anilines is 1. The van der Waals surface area contributed by atoms with Gasteiger partial charge in [0.25, 0.3) is 0 Å². The molecule has 7 nitrogen and oxygen atoms in total. The van der Waals surface area contributed by atoms with Crippen LogP contribution in [0.2, 0.25) is 0 Å². The first-order valence-electron chi connectivity index (χ1n) is 10.2. The van der Waals surface area contributed by atoms with E-state index >= 15 is 0 Å². The number of fused-ring (bicyclic) bond motifs is 1. The van der Waals surface area contributed by atoms with Crippen LogP contribution in [-0.2, 0) is 22.4 Å². The maximum Gasteiger partial charge on any atom is 0.329 e. The number of hydrazone groups is 1. The first kappa shape index (κ1) is 21.3. The van der Waals surface area contributed by atoms with E-state index in [2.05, 4.69) is 21.9 Å². The van der Waals surface area contributed by atoms with E-state index in [-0.39, 0.29) is 0 Å². The fourth-order valence-electron chi connectivity index (χ4n) is 3.43. The zero-order chi connectivity index (χ0) is 22.3. The fraction of sp³-hybridized carbons (Fsp3) is 0.167. The highest BCUT2D eigenvalue weighted by atomic mass is 32.1. The van der Waals surface area contributed by atoms with Crippen molar-refractivity contribution >= 4 is 34.4 Å². The van der Waals surface area contributed by atoms with Crippen LogP contribution in [0.4, 0.5) is 5.00 Å². The molecule has 2 amide bonds. The number of aryl methyl sites for hydroxylation is 1. The van der Waals surface area contributed by atoms with Crippen LogP contribution in [0.1, 0.15) is 34.4 Å². The van der Waals surface area contributed by atoms with Crippen LogP contribution >= 0.6 is 11.3 Å². The molecule has 2 N–H and O–H groups in total. The summed E-state index contributed by atoms with van der Waals surface area (Å²) < 4.78 is 5.77. The van der Waals surface area contributed by atoms with Crippen LogP contribution in [0.3, 0.4) is 0 Å². The Bertz CT molecular complexity index is 1210. The van der Waals surface area contributed by atoms with Gasteiger partial charge < -0.3 is 10.1 Å². The van der Waals surface area contributed by atoms with E-state index in [1.54, 1.807) is 18.2 Å². The molecule has 0 saturated heterocycles. The largest absolute Gasteiger partial charge is 0.457 e. The number of thiophene rings is 1. The summed E-state index contributed by atoms with van der Waals surface area (Å²) >= 11 is 1.37. The molecule has 0 fully saturated rings. The van der Waals surface area contributed by atoms with Crippen molar-refractivity contribution in [1.29, 1.82) is 5.26 Å². The van der Waals surface area contributed by atoms with Crippen LogP contribution in [-0.4, -0.2) is 18.0 Å². The van der Waals surface area contributed by atoms with E-state index in [1.807, 2.05) is 36.4 Å². The number of para-hydroxylation sites is 1. The van der Waals surface area contributed by atoms with Crippen molar-refractivity contribution in [3.8, 4) is 17.6 Å². The van der Waals surface area contributed by atoms with Crippen molar-refractivity contribution < 1.29 is 14.3 Å². The molecule has 1 aromatic heterocycles. The van der Waals surface area contributed by atoms with Crippen molar-refractivity contribution in [2.24, 2.45) is 5.10 Å². The normalized spacial score (nSPS) is 12.6. The van der Waals surface area contributed by atoms with Gasteiger partial charge in [0.2, 0.25) is 0 Å². The maximum atomic E-state index is 12.3. The highest BCUT2D eigenvalue weighted by molar-refractivity contribution is 7.16. The predicted molar refractivity (Wildman–Crippen MR) is 123 cm³/mol. The van der Waals surface area contributed by atoms with Crippen molar-refractivity contribution in [3.05, 3.63) is 76.2 Å². The zero-order valence-corrected chi connectivity index (χ0v) is 17.9. The zero-order valence-electron chi connectivity index (χ0n) is 17.1. The number of ether oxygens (including phenoxy) is 1. The van der Waals surface area contributed by atoms with E-state index in [1.165, 1.54) is 17.6 Å². The van der Waals surface area contributed by atoms with Gasteiger partial charge in [-0.3, -0.25) is 9.59 Å². The van der Waals surface area contributed by atoms with Gasteiger partial charge in [-0.25, -0.2) is 5.43 Å². The second kappa shape index (κ2) is 9.90. The van der Waals surface area contributed by atoms with Crippen molar-refractivity contribution in [3.63, 3.8) is 0 Å². The minimum absolute atomic E-state index is 0.425. The Labute approximate surface area is 189 Å². The SMILES string of the molecule is N#Cc1c(NC(=O)C(=O)NN=Cc2cccc(Oc3ccccc3)c2)sc2c1CCCC2. The lowest BCUT2D eigenvalue weighted by Gasteiger charge is -2.09. The molecule has 160 valence electrons. The Hall–Kier alpha value is -3.96. The Kier molecular flexibility index (Phi) is 6.58. The lowest BCUT2D eigenvalue weighted by Crippen LogP contribution is -2.32. The predicted octanol–water partition coefficient (Wildman–Crippen LogP) is 4.38. The molecule has 2 aromatic carbocycles. The summed E-state index contributed by atoms with van der Waals surface area (Å²) in [5.74, 6) is -0.444. The maximum absolute atomic E-state index is 12.3. The Morgan fingerprint density at radius 2 is 1.81 bits per heavy atom. The van der Waals surface area contributed by atoms with Gasteiger partial charge in [-0.2, -0.15) is 10.4 Å². The minimum Gasteiger partial charge on any atom is -0.457 e. The molecular weight excluding hydrogens is 424 g/mol. The summed E-state index contributed by atoms with van der Waals surface area (Å²) in [5, 5.41) is 16.3. The molecule has 1 aliphatic carbocycles. The average molecular weight is 445 g/mol. The second-order valence-electron chi connectivity index (χ2n) is 7.17. The second-order valence-corrected chi connectivity index (χ2v) is 8.27. The number of amides is 2. The molecule has 4 rings (SSSR count). The Morgan fingerprint density at radius 3 is 2.62 bits per heavy atom. The number of hydrogen-bond acceptors (Lipinski definition) is 6. The summed E-state index contributed by atoms with van der Waals surface area (Å²) in [7, 11) is 0. The number of nitriles is 1. The van der Waals surface area contributed by atoms with Crippen LogP contribution in [0.25, 0.3) is 0 Å². The summed E-state index contributed by atoms with van der Waals surface area (Å²) in [6, 6.07) is 18.7. The molecule has 1 heterocycles. The summed E-state index contributed by atoms with van der Waals surface area (Å²) in [6.45, 7) is 0. The molecule has 1 aliphatic rings. The first-order valence-corrected chi connectivity index (χ1v) is 11.0. The van der Waals surface area contributed by atoms with Gasteiger partial charge in [-0.15, -0.1) is 11.3 Å². The highest BCUT2D eigenvalue weighted by Gasteiger charge is 2.23. The third kappa shape index (κ3) is 5.02. The van der Waals surface area contributed by atoms with E-state index in [4.69, 9.17) is 4.74 Å². The fourth-order valence-corrected chi connectivity index (χ4v) is 4.67. The Morgan fingerprint density at radius 1 is 1.03 bits per heavy atom. The van der Waals surface area contributed by atoms with Gasteiger partial charge in [0.05, 0.1) is 11.8 Å². The molecule has 0 atom stereocenters. The lowest BCUT2D eigenvalue weighted by atomic mass is 9.96.